The second-order valence-corrected chi connectivity index (χ2v) is 5.03. The predicted octanol–water partition coefficient (Wildman–Crippen LogP) is 2.89. The van der Waals surface area contributed by atoms with Gasteiger partial charge in [0.25, 0.3) is 0 Å². The zero-order chi connectivity index (χ0) is 12.5. The van der Waals surface area contributed by atoms with E-state index in [4.69, 9.17) is 5.73 Å². The molecule has 2 heteroatoms. The summed E-state index contributed by atoms with van der Waals surface area (Å²) in [6.45, 7) is 2.22. The highest BCUT2D eigenvalue weighted by Crippen LogP contribution is 2.32. The lowest BCUT2D eigenvalue weighted by Gasteiger charge is -2.32. The molecule has 0 amide bonds. The Morgan fingerprint density at radius 1 is 1.00 bits per heavy atom. The number of nitrogen functional groups attached to an aromatic ring is 1. The van der Waals surface area contributed by atoms with E-state index in [1.165, 1.54) is 16.7 Å². The summed E-state index contributed by atoms with van der Waals surface area (Å²) in [5.41, 5.74) is 10.9. The van der Waals surface area contributed by atoms with Crippen molar-refractivity contribution in [2.45, 2.75) is 25.4 Å². The van der Waals surface area contributed by atoms with Crippen molar-refractivity contribution in [3.8, 4) is 0 Å². The second kappa shape index (κ2) is 4.46. The topological polar surface area (TPSA) is 38.0 Å². The molecule has 0 radical (unpaired) electrons. The number of anilines is 1. The lowest BCUT2D eigenvalue weighted by atomic mass is 9.86. The van der Waals surface area contributed by atoms with E-state index in [2.05, 4.69) is 48.6 Å². The van der Waals surface area contributed by atoms with Crippen molar-refractivity contribution in [3.05, 3.63) is 65.2 Å². The highest BCUT2D eigenvalue weighted by molar-refractivity contribution is 5.53. The van der Waals surface area contributed by atoms with Crippen molar-refractivity contribution in [2.75, 3.05) is 5.73 Å². The minimum absolute atomic E-state index is 0.214. The lowest BCUT2D eigenvalue weighted by Crippen LogP contribution is -2.38. The van der Waals surface area contributed by atoms with E-state index in [0.29, 0.717) is 6.04 Å². The number of fused-ring (bicyclic) bond motifs is 1. The smallest absolute Gasteiger partial charge is 0.0601 e. The van der Waals surface area contributed by atoms with Gasteiger partial charge < -0.3 is 11.1 Å². The first kappa shape index (κ1) is 11.3. The van der Waals surface area contributed by atoms with Crippen molar-refractivity contribution >= 4 is 5.69 Å². The van der Waals surface area contributed by atoms with Crippen LogP contribution in [0, 0.1) is 0 Å². The fraction of sp³-hybridized carbons (Fsp3) is 0.250. The molecule has 2 aromatic rings. The van der Waals surface area contributed by atoms with Crippen LogP contribution in [0.5, 0.6) is 0 Å². The van der Waals surface area contributed by atoms with Crippen molar-refractivity contribution < 1.29 is 0 Å². The van der Waals surface area contributed by atoms with Gasteiger partial charge in [-0.3, -0.25) is 0 Å². The van der Waals surface area contributed by atoms with E-state index in [9.17, 15) is 0 Å². The van der Waals surface area contributed by atoms with Gasteiger partial charge in [0.2, 0.25) is 0 Å². The summed E-state index contributed by atoms with van der Waals surface area (Å²) in [7, 11) is 0. The molecule has 0 fully saturated rings. The van der Waals surface area contributed by atoms with Gasteiger partial charge in [-0.05, 0) is 36.1 Å². The highest BCUT2D eigenvalue weighted by Gasteiger charge is 2.25. The third-order valence-corrected chi connectivity index (χ3v) is 3.65. The van der Waals surface area contributed by atoms with Crippen LogP contribution in [0.2, 0.25) is 0 Å². The van der Waals surface area contributed by atoms with Gasteiger partial charge in [-0.25, -0.2) is 0 Å². The summed E-state index contributed by atoms with van der Waals surface area (Å²) >= 11 is 0. The molecule has 0 saturated heterocycles. The molecule has 2 nitrogen and oxygen atoms in total. The van der Waals surface area contributed by atoms with Gasteiger partial charge in [-0.15, -0.1) is 0 Å². The van der Waals surface area contributed by atoms with Gasteiger partial charge in [-0.2, -0.15) is 0 Å². The minimum atomic E-state index is 0.214. The maximum absolute atomic E-state index is 6.11. The average Bonchev–Trinajstić information content (AvgIpc) is 2.38. The standard InChI is InChI=1S/C16H18N2/c1-11-10-12-6-2-3-7-13(12)16(18-11)14-8-4-5-9-15(14)17/h2-9,11,16,18H,10,17H2,1H3/t11-,16-/m1/s1. The average molecular weight is 238 g/mol. The molecule has 1 aliphatic rings. The molecule has 0 unspecified atom stereocenters. The number of benzene rings is 2. The summed E-state index contributed by atoms with van der Waals surface area (Å²) in [5.74, 6) is 0. The summed E-state index contributed by atoms with van der Waals surface area (Å²) in [6.07, 6.45) is 1.08. The third-order valence-electron chi connectivity index (χ3n) is 3.65. The molecule has 92 valence electrons. The van der Waals surface area contributed by atoms with Crippen molar-refractivity contribution in [2.24, 2.45) is 0 Å². The van der Waals surface area contributed by atoms with E-state index in [0.717, 1.165) is 12.1 Å². The fourth-order valence-electron chi connectivity index (χ4n) is 2.80. The number of rotatable bonds is 1. The summed E-state index contributed by atoms with van der Waals surface area (Å²) < 4.78 is 0. The maximum Gasteiger partial charge on any atom is 0.0601 e. The summed E-state index contributed by atoms with van der Waals surface area (Å²) in [6, 6.07) is 17.4. The van der Waals surface area contributed by atoms with Gasteiger partial charge in [0, 0.05) is 11.7 Å². The molecule has 0 bridgehead atoms. The fourth-order valence-corrected chi connectivity index (χ4v) is 2.80. The van der Waals surface area contributed by atoms with E-state index in [1.54, 1.807) is 0 Å². The molecule has 3 N–H and O–H groups in total. The van der Waals surface area contributed by atoms with Crippen LogP contribution < -0.4 is 11.1 Å². The molecule has 1 aliphatic heterocycles. The predicted molar refractivity (Wildman–Crippen MR) is 75.4 cm³/mol. The van der Waals surface area contributed by atoms with Crippen LogP contribution in [0.25, 0.3) is 0 Å². The molecule has 0 saturated carbocycles. The largest absolute Gasteiger partial charge is 0.398 e. The van der Waals surface area contributed by atoms with Gasteiger partial charge in [0.05, 0.1) is 6.04 Å². The van der Waals surface area contributed by atoms with Crippen LogP contribution >= 0.6 is 0 Å². The molecule has 2 aromatic carbocycles. The molecular formula is C16H18N2. The third kappa shape index (κ3) is 1.89. The molecule has 0 aliphatic carbocycles. The number of hydrogen-bond donors (Lipinski definition) is 2. The van der Waals surface area contributed by atoms with Gasteiger partial charge in [0.15, 0.2) is 0 Å². The molecule has 2 atom stereocenters. The highest BCUT2D eigenvalue weighted by atomic mass is 15.0. The van der Waals surface area contributed by atoms with E-state index < -0.39 is 0 Å². The first-order valence-electron chi connectivity index (χ1n) is 6.44. The zero-order valence-corrected chi connectivity index (χ0v) is 10.6. The first-order valence-corrected chi connectivity index (χ1v) is 6.44. The van der Waals surface area contributed by atoms with Gasteiger partial charge in [-0.1, -0.05) is 42.5 Å². The van der Waals surface area contributed by atoms with Crippen LogP contribution in [0.15, 0.2) is 48.5 Å². The van der Waals surface area contributed by atoms with E-state index in [1.807, 2.05) is 12.1 Å². The quantitative estimate of drug-likeness (QED) is 0.750. The molecule has 3 rings (SSSR count). The molecule has 1 heterocycles. The zero-order valence-electron chi connectivity index (χ0n) is 10.6. The van der Waals surface area contributed by atoms with E-state index >= 15 is 0 Å². The molecule has 0 aromatic heterocycles. The van der Waals surface area contributed by atoms with Gasteiger partial charge in [0.1, 0.15) is 0 Å². The number of nitrogens with two attached hydrogens (primary N) is 1. The SMILES string of the molecule is C[C@@H]1Cc2ccccc2[C@H](c2ccccc2N)N1. The molecular weight excluding hydrogens is 220 g/mol. The van der Waals surface area contributed by atoms with Gasteiger partial charge >= 0.3 is 0 Å². The Labute approximate surface area is 108 Å². The minimum Gasteiger partial charge on any atom is -0.398 e. The van der Waals surface area contributed by atoms with Crippen LogP contribution in [-0.2, 0) is 6.42 Å². The lowest BCUT2D eigenvalue weighted by molar-refractivity contribution is 0.465. The second-order valence-electron chi connectivity index (χ2n) is 5.03. The normalized spacial score (nSPS) is 22.5. The Kier molecular flexibility index (Phi) is 2.80. The first-order chi connectivity index (χ1) is 8.75. The van der Waals surface area contributed by atoms with Crippen LogP contribution in [-0.4, -0.2) is 6.04 Å². The summed E-state index contributed by atoms with van der Waals surface area (Å²) in [5, 5.41) is 3.65. The van der Waals surface area contributed by atoms with Crippen LogP contribution in [0.1, 0.15) is 29.7 Å². The molecule has 0 spiro atoms. The van der Waals surface area contributed by atoms with Crippen molar-refractivity contribution in [1.82, 2.24) is 5.32 Å². The Morgan fingerprint density at radius 3 is 2.44 bits per heavy atom. The van der Waals surface area contributed by atoms with Crippen molar-refractivity contribution in [1.29, 1.82) is 0 Å². The number of hydrogen-bond acceptors (Lipinski definition) is 2. The van der Waals surface area contributed by atoms with E-state index in [-0.39, 0.29) is 6.04 Å². The Balaban J connectivity index is 2.11. The van der Waals surface area contributed by atoms with Crippen LogP contribution in [0.4, 0.5) is 5.69 Å². The Morgan fingerprint density at radius 2 is 1.67 bits per heavy atom. The Bertz CT molecular complexity index is 563. The maximum atomic E-state index is 6.11. The van der Waals surface area contributed by atoms with Crippen molar-refractivity contribution in [3.63, 3.8) is 0 Å². The molecule has 18 heavy (non-hydrogen) atoms. The summed E-state index contributed by atoms with van der Waals surface area (Å²) in [4.78, 5) is 0. The number of para-hydroxylation sites is 1. The van der Waals surface area contributed by atoms with Crippen LogP contribution in [0.3, 0.4) is 0 Å². The monoisotopic (exact) mass is 238 g/mol. The number of nitrogens with one attached hydrogen (secondary N) is 1. The Hall–Kier alpha value is -1.80.